The van der Waals surface area contributed by atoms with E-state index >= 15 is 0 Å². The van der Waals surface area contributed by atoms with Crippen molar-refractivity contribution in [3.05, 3.63) is 75.2 Å². The first-order chi connectivity index (χ1) is 15.7. The van der Waals surface area contributed by atoms with Gasteiger partial charge in [-0.2, -0.15) is 5.26 Å². The van der Waals surface area contributed by atoms with Gasteiger partial charge in [-0.1, -0.05) is 42.5 Å². The largest absolute Gasteiger partial charge is 0.316 e. The van der Waals surface area contributed by atoms with Gasteiger partial charge < -0.3 is 5.32 Å². The van der Waals surface area contributed by atoms with Gasteiger partial charge in [-0.25, -0.2) is 8.42 Å². The number of rotatable bonds is 6. The molecule has 6 nitrogen and oxygen atoms in total. The Balaban J connectivity index is 1.42. The molecule has 4 rings (SSSR count). The molecule has 33 heavy (non-hydrogen) atoms. The van der Waals surface area contributed by atoms with E-state index in [9.17, 15) is 18.5 Å². The molecule has 1 amide bonds. The number of benzene rings is 1. The van der Waals surface area contributed by atoms with Gasteiger partial charge in [0, 0.05) is 30.8 Å². The maximum atomic E-state index is 12.7. The molecular weight excluding hydrogens is 454 g/mol. The lowest BCUT2D eigenvalue weighted by Crippen LogP contribution is -2.29. The van der Waals surface area contributed by atoms with E-state index in [1.54, 1.807) is 18.2 Å². The zero-order valence-corrected chi connectivity index (χ0v) is 20.4. The van der Waals surface area contributed by atoms with Crippen LogP contribution in [0.15, 0.2) is 48.1 Å². The molecule has 1 aliphatic carbocycles. The first-order valence-electron chi connectivity index (χ1n) is 10.9. The van der Waals surface area contributed by atoms with Crippen molar-refractivity contribution in [2.24, 2.45) is 0 Å². The number of fused-ring (bicyclic) bond motifs is 1. The summed E-state index contributed by atoms with van der Waals surface area (Å²) in [5.41, 5.74) is 4.99. The fourth-order valence-corrected chi connectivity index (χ4v) is 6.34. The average molecular weight is 482 g/mol. The Morgan fingerprint density at radius 2 is 2.12 bits per heavy atom. The average Bonchev–Trinajstić information content (AvgIpc) is 3.11. The second-order valence-electron chi connectivity index (χ2n) is 8.67. The van der Waals surface area contributed by atoms with Crippen LogP contribution in [-0.4, -0.2) is 37.3 Å². The lowest BCUT2D eigenvalue weighted by Gasteiger charge is -2.27. The number of nitrogens with zero attached hydrogens (tertiary/aromatic N) is 2. The molecule has 0 radical (unpaired) electrons. The molecule has 1 N–H and O–H groups in total. The summed E-state index contributed by atoms with van der Waals surface area (Å²) in [6.07, 6.45) is 7.70. The summed E-state index contributed by atoms with van der Waals surface area (Å²) in [5, 5.41) is 12.8. The van der Waals surface area contributed by atoms with Gasteiger partial charge in [0.25, 0.3) is 0 Å². The van der Waals surface area contributed by atoms with E-state index in [4.69, 9.17) is 0 Å². The van der Waals surface area contributed by atoms with Gasteiger partial charge in [0.2, 0.25) is 5.91 Å². The Kier molecular flexibility index (Phi) is 6.84. The summed E-state index contributed by atoms with van der Waals surface area (Å²) in [6.45, 7) is 4.62. The predicted molar refractivity (Wildman–Crippen MR) is 132 cm³/mol. The highest BCUT2D eigenvalue weighted by molar-refractivity contribution is 7.91. The van der Waals surface area contributed by atoms with E-state index in [2.05, 4.69) is 41.4 Å². The van der Waals surface area contributed by atoms with Crippen molar-refractivity contribution in [3.8, 4) is 6.07 Å². The Morgan fingerprint density at radius 1 is 1.33 bits per heavy atom. The van der Waals surface area contributed by atoms with E-state index in [1.165, 1.54) is 28.7 Å². The van der Waals surface area contributed by atoms with Crippen LogP contribution >= 0.6 is 11.3 Å². The highest BCUT2D eigenvalue weighted by atomic mass is 32.2. The number of allylic oxidation sites excluding steroid dienone is 2. The zero-order valence-electron chi connectivity index (χ0n) is 18.8. The van der Waals surface area contributed by atoms with E-state index < -0.39 is 15.1 Å². The van der Waals surface area contributed by atoms with Crippen molar-refractivity contribution >= 4 is 32.1 Å². The molecule has 0 saturated carbocycles. The molecule has 8 heteroatoms. The van der Waals surface area contributed by atoms with Gasteiger partial charge in [-0.05, 0) is 42.0 Å². The fourth-order valence-electron chi connectivity index (χ4n) is 4.28. The number of sulfone groups is 1. The van der Waals surface area contributed by atoms with Crippen LogP contribution in [0.3, 0.4) is 0 Å². The first kappa shape index (κ1) is 23.4. The third-order valence-electron chi connectivity index (χ3n) is 6.21. The summed E-state index contributed by atoms with van der Waals surface area (Å²) in [4.78, 5) is 16.2. The number of amides is 1. The van der Waals surface area contributed by atoms with Crippen LogP contribution in [0, 0.1) is 18.3 Å². The standard InChI is InChI=1S/C25H27N3O3S2/c1-17-5-3-4-6-19(17)15-28-12-11-21-22(14-26)25(32-23(21)16-28)27-24(29)13-18-7-9-20(10-8-18)33(2,30)31/h3-9,20H,10-13,15-16H2,1-2H3,(H,27,29). The normalized spacial score (nSPS) is 18.3. The monoisotopic (exact) mass is 481 g/mol. The van der Waals surface area contributed by atoms with Crippen LogP contribution in [0.1, 0.15) is 40.0 Å². The van der Waals surface area contributed by atoms with Crippen LogP contribution in [-0.2, 0) is 34.1 Å². The zero-order chi connectivity index (χ0) is 23.6. The Labute approximate surface area is 199 Å². The molecule has 2 heterocycles. The van der Waals surface area contributed by atoms with Gasteiger partial charge >= 0.3 is 0 Å². The van der Waals surface area contributed by atoms with Crippen LogP contribution in [0.25, 0.3) is 0 Å². The number of hydrogen-bond donors (Lipinski definition) is 1. The first-order valence-corrected chi connectivity index (χ1v) is 13.7. The van der Waals surface area contributed by atoms with Gasteiger partial charge in [-0.3, -0.25) is 9.69 Å². The molecule has 1 atom stereocenters. The number of anilines is 1. The number of nitrogens with one attached hydrogen (secondary N) is 1. The summed E-state index contributed by atoms with van der Waals surface area (Å²) in [7, 11) is -3.13. The van der Waals surface area contributed by atoms with Gasteiger partial charge in [0.05, 0.1) is 17.2 Å². The Bertz CT molecular complexity index is 1280. The van der Waals surface area contributed by atoms with Crippen molar-refractivity contribution in [1.82, 2.24) is 4.90 Å². The number of hydrogen-bond acceptors (Lipinski definition) is 6. The molecule has 172 valence electrons. The van der Waals surface area contributed by atoms with Crippen molar-refractivity contribution in [3.63, 3.8) is 0 Å². The van der Waals surface area contributed by atoms with Crippen molar-refractivity contribution in [2.75, 3.05) is 18.1 Å². The molecule has 0 saturated heterocycles. The molecule has 0 spiro atoms. The molecule has 2 aliphatic rings. The molecule has 1 aliphatic heterocycles. The molecule has 1 aromatic heterocycles. The Morgan fingerprint density at radius 3 is 2.79 bits per heavy atom. The lowest BCUT2D eigenvalue weighted by molar-refractivity contribution is -0.115. The van der Waals surface area contributed by atoms with Crippen LogP contribution in [0.5, 0.6) is 0 Å². The SMILES string of the molecule is Cc1ccccc1CN1CCc2c(sc(NC(=O)CC3=CCC(S(C)(=O)=O)C=C3)c2C#N)C1. The minimum atomic E-state index is -3.13. The highest BCUT2D eigenvalue weighted by Gasteiger charge is 2.26. The molecule has 0 bridgehead atoms. The fraction of sp³-hybridized carbons (Fsp3) is 0.360. The van der Waals surface area contributed by atoms with Crippen molar-refractivity contribution in [1.29, 1.82) is 5.26 Å². The maximum absolute atomic E-state index is 12.7. The second kappa shape index (κ2) is 9.64. The van der Waals surface area contributed by atoms with Crippen molar-refractivity contribution in [2.45, 2.75) is 44.5 Å². The number of nitriles is 1. The number of aryl methyl sites for hydroxylation is 1. The lowest BCUT2D eigenvalue weighted by atomic mass is 10.0. The third kappa shape index (κ3) is 5.44. The third-order valence-corrected chi connectivity index (χ3v) is 8.79. The molecule has 0 fully saturated rings. The topological polar surface area (TPSA) is 90.3 Å². The van der Waals surface area contributed by atoms with Crippen molar-refractivity contribution < 1.29 is 13.2 Å². The smallest absolute Gasteiger partial charge is 0.229 e. The number of carbonyl (C=O) groups excluding carboxylic acids is 1. The van der Waals surface area contributed by atoms with E-state index in [0.29, 0.717) is 17.0 Å². The Hall–Kier alpha value is -2.73. The molecule has 1 unspecified atom stereocenters. The van der Waals surface area contributed by atoms with Gasteiger partial charge in [0.15, 0.2) is 9.84 Å². The van der Waals surface area contributed by atoms with Crippen LogP contribution in [0.4, 0.5) is 5.00 Å². The minimum absolute atomic E-state index is 0.153. The summed E-state index contributed by atoms with van der Waals surface area (Å²) >= 11 is 1.49. The summed E-state index contributed by atoms with van der Waals surface area (Å²) < 4.78 is 23.3. The summed E-state index contributed by atoms with van der Waals surface area (Å²) in [5.74, 6) is -0.199. The number of carbonyl (C=O) groups is 1. The van der Waals surface area contributed by atoms with Gasteiger partial charge in [-0.15, -0.1) is 11.3 Å². The van der Waals surface area contributed by atoms with E-state index in [1.807, 2.05) is 6.07 Å². The van der Waals surface area contributed by atoms with E-state index in [0.717, 1.165) is 42.1 Å². The van der Waals surface area contributed by atoms with Gasteiger partial charge in [0.1, 0.15) is 11.1 Å². The highest BCUT2D eigenvalue weighted by Crippen LogP contribution is 2.37. The quantitative estimate of drug-likeness (QED) is 0.670. The van der Waals surface area contributed by atoms with Crippen LogP contribution in [0.2, 0.25) is 0 Å². The minimum Gasteiger partial charge on any atom is -0.316 e. The predicted octanol–water partition coefficient (Wildman–Crippen LogP) is 4.11. The second-order valence-corrected chi connectivity index (χ2v) is 12.0. The number of thiophene rings is 1. The van der Waals surface area contributed by atoms with E-state index in [-0.39, 0.29) is 12.3 Å². The molecular formula is C25H27N3O3S2. The van der Waals surface area contributed by atoms with Crippen LogP contribution < -0.4 is 5.32 Å². The maximum Gasteiger partial charge on any atom is 0.229 e. The molecule has 1 aromatic carbocycles. The summed E-state index contributed by atoms with van der Waals surface area (Å²) in [6, 6.07) is 10.7. The molecule has 2 aromatic rings.